The van der Waals surface area contributed by atoms with Crippen LogP contribution in [-0.4, -0.2) is 27.3 Å². The van der Waals surface area contributed by atoms with Gasteiger partial charge in [0.25, 0.3) is 0 Å². The summed E-state index contributed by atoms with van der Waals surface area (Å²) in [7, 11) is -1.33. The molecular formula is C9H17F3OSi. The summed E-state index contributed by atoms with van der Waals surface area (Å²) in [6.45, 7) is 2.73. The van der Waals surface area contributed by atoms with Gasteiger partial charge >= 0.3 is 6.18 Å². The molecule has 5 heteroatoms. The van der Waals surface area contributed by atoms with Crippen LogP contribution < -0.4 is 0 Å². The number of hydrogen-bond donors (Lipinski definition) is 0. The summed E-state index contributed by atoms with van der Waals surface area (Å²) in [4.78, 5) is 0. The minimum atomic E-state index is -3.99. The zero-order chi connectivity index (χ0) is 10.6. The molecule has 0 saturated carbocycles. The third-order valence-corrected chi connectivity index (χ3v) is 5.73. The summed E-state index contributed by atoms with van der Waals surface area (Å²) in [5.74, 6) is 0. The van der Waals surface area contributed by atoms with Crippen LogP contribution in [0.15, 0.2) is 0 Å². The van der Waals surface area contributed by atoms with Crippen molar-refractivity contribution in [2.24, 2.45) is 0 Å². The highest BCUT2D eigenvalue weighted by molar-refractivity contribution is 6.58. The minimum Gasteiger partial charge on any atom is -0.382 e. The average molecular weight is 226 g/mol. The molecule has 1 saturated heterocycles. The van der Waals surface area contributed by atoms with Gasteiger partial charge in [0.2, 0.25) is 0 Å². The van der Waals surface area contributed by atoms with Gasteiger partial charge in [-0.2, -0.15) is 13.2 Å². The third-order valence-electron chi connectivity index (χ3n) is 2.73. The highest BCUT2D eigenvalue weighted by Crippen LogP contribution is 2.25. The first-order valence-corrected chi connectivity index (χ1v) is 7.81. The topological polar surface area (TPSA) is 9.23 Å². The molecule has 0 radical (unpaired) electrons. The summed E-state index contributed by atoms with van der Waals surface area (Å²) in [5, 5.41) is 0. The van der Waals surface area contributed by atoms with Crippen molar-refractivity contribution in [2.75, 3.05) is 6.61 Å². The molecule has 1 heterocycles. The van der Waals surface area contributed by atoms with Gasteiger partial charge in [-0.25, -0.2) is 0 Å². The largest absolute Gasteiger partial charge is 0.388 e. The van der Waals surface area contributed by atoms with E-state index < -0.39 is 21.4 Å². The first kappa shape index (κ1) is 12.0. The van der Waals surface area contributed by atoms with Gasteiger partial charge in [0.15, 0.2) is 0 Å². The van der Waals surface area contributed by atoms with Crippen LogP contribution in [0.2, 0.25) is 12.6 Å². The van der Waals surface area contributed by atoms with Crippen LogP contribution in [0.3, 0.4) is 0 Å². The molecule has 1 aliphatic rings. The van der Waals surface area contributed by atoms with Crippen molar-refractivity contribution in [3.8, 4) is 0 Å². The number of ether oxygens (including phenoxy) is 1. The number of hydrogen-bond acceptors (Lipinski definition) is 1. The predicted octanol–water partition coefficient (Wildman–Crippen LogP) is 2.90. The molecule has 14 heavy (non-hydrogen) atoms. The summed E-state index contributed by atoms with van der Waals surface area (Å²) in [6, 6.07) is 0.328. The Morgan fingerprint density at radius 3 is 2.57 bits per heavy atom. The van der Waals surface area contributed by atoms with E-state index in [-0.39, 0.29) is 5.73 Å². The second-order valence-electron chi connectivity index (χ2n) is 4.04. The SMILES string of the molecule is C[SiH](CCC(F)(F)F)C1CCCCO1. The van der Waals surface area contributed by atoms with E-state index in [0.29, 0.717) is 6.04 Å². The van der Waals surface area contributed by atoms with Gasteiger partial charge in [-0.3, -0.25) is 0 Å². The molecule has 2 atom stereocenters. The van der Waals surface area contributed by atoms with Crippen LogP contribution in [0.5, 0.6) is 0 Å². The van der Waals surface area contributed by atoms with Crippen LogP contribution in [0.25, 0.3) is 0 Å². The predicted molar refractivity (Wildman–Crippen MR) is 52.1 cm³/mol. The van der Waals surface area contributed by atoms with Crippen molar-refractivity contribution in [2.45, 2.75) is 50.2 Å². The van der Waals surface area contributed by atoms with Crippen molar-refractivity contribution in [3.63, 3.8) is 0 Å². The molecular weight excluding hydrogens is 209 g/mol. The number of rotatable bonds is 3. The molecule has 0 bridgehead atoms. The van der Waals surface area contributed by atoms with Gasteiger partial charge in [0.1, 0.15) is 0 Å². The molecule has 0 aromatic carbocycles. The Bertz CT molecular complexity index is 166. The lowest BCUT2D eigenvalue weighted by Crippen LogP contribution is -2.34. The monoisotopic (exact) mass is 226 g/mol. The first-order chi connectivity index (χ1) is 6.49. The van der Waals surface area contributed by atoms with Crippen molar-refractivity contribution in [1.29, 1.82) is 0 Å². The summed E-state index contributed by atoms with van der Waals surface area (Å²) in [6.07, 6.45) is -1.45. The van der Waals surface area contributed by atoms with Gasteiger partial charge in [-0.1, -0.05) is 6.55 Å². The maximum Gasteiger partial charge on any atom is 0.388 e. The van der Waals surface area contributed by atoms with Gasteiger partial charge in [-0.05, 0) is 25.3 Å². The Kier molecular flexibility index (Phi) is 4.44. The summed E-state index contributed by atoms with van der Waals surface area (Å²) in [5.41, 5.74) is 0.186. The van der Waals surface area contributed by atoms with Gasteiger partial charge in [0.05, 0.1) is 8.80 Å². The maximum absolute atomic E-state index is 12.0. The lowest BCUT2D eigenvalue weighted by atomic mass is 10.2. The van der Waals surface area contributed by atoms with Crippen LogP contribution in [0.1, 0.15) is 25.7 Å². The summed E-state index contributed by atoms with van der Waals surface area (Å²) < 4.78 is 41.4. The highest BCUT2D eigenvalue weighted by Gasteiger charge is 2.30. The smallest absolute Gasteiger partial charge is 0.382 e. The number of alkyl halides is 3. The van der Waals surface area contributed by atoms with Crippen molar-refractivity contribution >= 4 is 8.80 Å². The Morgan fingerprint density at radius 2 is 2.07 bits per heavy atom. The van der Waals surface area contributed by atoms with E-state index in [1.54, 1.807) is 0 Å². The van der Waals surface area contributed by atoms with Crippen LogP contribution in [0, 0.1) is 0 Å². The van der Waals surface area contributed by atoms with E-state index >= 15 is 0 Å². The zero-order valence-corrected chi connectivity index (χ0v) is 9.59. The molecule has 1 fully saturated rings. The fraction of sp³-hybridized carbons (Fsp3) is 1.00. The van der Waals surface area contributed by atoms with Crippen molar-refractivity contribution in [3.05, 3.63) is 0 Å². The van der Waals surface area contributed by atoms with Crippen LogP contribution in [0.4, 0.5) is 13.2 Å². The highest BCUT2D eigenvalue weighted by atomic mass is 28.3. The standard InChI is InChI=1S/C9H17F3OSi/c1-14(7-5-9(10,11)12)8-4-2-3-6-13-8/h8,14H,2-7H2,1H3. The molecule has 1 aliphatic heterocycles. The molecule has 2 unspecified atom stereocenters. The van der Waals surface area contributed by atoms with E-state index in [4.69, 9.17) is 4.74 Å². The molecule has 1 nitrogen and oxygen atoms in total. The van der Waals surface area contributed by atoms with E-state index in [1.165, 1.54) is 0 Å². The number of halogens is 3. The van der Waals surface area contributed by atoms with E-state index in [2.05, 4.69) is 0 Å². The Labute approximate surface area is 84.2 Å². The van der Waals surface area contributed by atoms with Gasteiger partial charge < -0.3 is 4.74 Å². The second-order valence-corrected chi connectivity index (χ2v) is 7.31. The molecule has 0 amide bonds. The quantitative estimate of drug-likeness (QED) is 0.672. The van der Waals surface area contributed by atoms with Crippen LogP contribution in [-0.2, 0) is 4.74 Å². The Hall–Kier alpha value is -0.0331. The lowest BCUT2D eigenvalue weighted by Gasteiger charge is -2.27. The van der Waals surface area contributed by atoms with E-state index in [0.717, 1.165) is 25.9 Å². The van der Waals surface area contributed by atoms with E-state index in [9.17, 15) is 13.2 Å². The normalized spacial score (nSPS) is 26.1. The van der Waals surface area contributed by atoms with Crippen molar-refractivity contribution in [1.82, 2.24) is 0 Å². The van der Waals surface area contributed by atoms with Gasteiger partial charge in [0, 0.05) is 18.8 Å². The zero-order valence-electron chi connectivity index (χ0n) is 8.44. The molecule has 0 aliphatic carbocycles. The third kappa shape index (κ3) is 4.46. The minimum absolute atomic E-state index is 0.186. The lowest BCUT2D eigenvalue weighted by molar-refractivity contribution is -0.130. The second kappa shape index (κ2) is 5.16. The Morgan fingerprint density at radius 1 is 1.36 bits per heavy atom. The van der Waals surface area contributed by atoms with E-state index in [1.807, 2.05) is 6.55 Å². The van der Waals surface area contributed by atoms with Crippen molar-refractivity contribution < 1.29 is 17.9 Å². The fourth-order valence-corrected chi connectivity index (χ4v) is 4.22. The molecule has 0 aromatic rings. The maximum atomic E-state index is 12.0. The Balaban J connectivity index is 2.23. The summed E-state index contributed by atoms with van der Waals surface area (Å²) >= 11 is 0. The average Bonchev–Trinajstić information content (AvgIpc) is 2.14. The molecule has 0 aromatic heterocycles. The fourth-order valence-electron chi connectivity index (χ4n) is 1.79. The molecule has 84 valence electrons. The molecule has 1 rings (SSSR count). The van der Waals surface area contributed by atoms with Gasteiger partial charge in [-0.15, -0.1) is 0 Å². The van der Waals surface area contributed by atoms with Crippen LogP contribution >= 0.6 is 0 Å². The molecule has 0 spiro atoms. The molecule has 0 N–H and O–H groups in total. The first-order valence-electron chi connectivity index (χ1n) is 5.17.